The van der Waals surface area contributed by atoms with Crippen LogP contribution in [0.1, 0.15) is 78.6 Å². The predicted molar refractivity (Wildman–Crippen MR) is 120 cm³/mol. The van der Waals surface area contributed by atoms with E-state index in [0.717, 1.165) is 36.9 Å². The first-order valence-electron chi connectivity index (χ1n) is 11.6. The van der Waals surface area contributed by atoms with Crippen molar-refractivity contribution in [1.29, 1.82) is 0 Å². The Hall–Kier alpha value is -3.03. The number of aryl methyl sites for hydroxylation is 1. The van der Waals surface area contributed by atoms with Gasteiger partial charge in [0.15, 0.2) is 0 Å². The highest BCUT2D eigenvalue weighted by Gasteiger charge is 2.35. The molecule has 0 unspecified atom stereocenters. The molecule has 0 radical (unpaired) electrons. The summed E-state index contributed by atoms with van der Waals surface area (Å²) in [5.41, 5.74) is 2.48. The minimum Gasteiger partial charge on any atom is -0.334 e. The van der Waals surface area contributed by atoms with Crippen LogP contribution >= 0.6 is 0 Å². The van der Waals surface area contributed by atoms with Crippen LogP contribution < -0.4 is 5.56 Å². The number of carbonyl (C=O) groups is 2. The molecule has 32 heavy (non-hydrogen) atoms. The average molecular weight is 438 g/mol. The van der Waals surface area contributed by atoms with Crippen molar-refractivity contribution in [2.75, 3.05) is 13.1 Å². The van der Waals surface area contributed by atoms with Gasteiger partial charge in [0.1, 0.15) is 5.82 Å². The number of fused-ring (bicyclic) bond motifs is 1. The molecule has 2 aromatic heterocycles. The van der Waals surface area contributed by atoms with E-state index in [1.807, 2.05) is 25.7 Å². The number of nitrogens with zero attached hydrogens (tertiary/aromatic N) is 4. The maximum Gasteiger partial charge on any atom is 0.256 e. The summed E-state index contributed by atoms with van der Waals surface area (Å²) in [6.45, 7) is 7.38. The number of likely N-dealkylation sites (tertiary alicyclic amines) is 1. The minimum absolute atomic E-state index is 0.0103. The molecule has 2 aromatic rings. The Morgan fingerprint density at radius 2 is 2.03 bits per heavy atom. The Balaban J connectivity index is 1.57. The summed E-state index contributed by atoms with van der Waals surface area (Å²) in [5, 5.41) is 0. The number of aromatic nitrogens is 3. The first kappa shape index (κ1) is 22.2. The van der Waals surface area contributed by atoms with Gasteiger partial charge in [-0.1, -0.05) is 13.8 Å². The smallest absolute Gasteiger partial charge is 0.256 e. The average Bonchev–Trinajstić information content (AvgIpc) is 3.29. The number of hydrogen-bond donors (Lipinski definition) is 1. The summed E-state index contributed by atoms with van der Waals surface area (Å²) in [7, 11) is 0. The minimum atomic E-state index is -0.212. The maximum atomic E-state index is 13.0. The van der Waals surface area contributed by atoms with Crippen LogP contribution in [0.2, 0.25) is 0 Å². The molecule has 2 aliphatic rings. The topological polar surface area (TPSA) is 99.3 Å². The van der Waals surface area contributed by atoms with Crippen LogP contribution in [0.4, 0.5) is 0 Å². The van der Waals surface area contributed by atoms with Gasteiger partial charge in [-0.15, -0.1) is 0 Å². The number of rotatable bonds is 5. The second kappa shape index (κ2) is 9.22. The molecular weight excluding hydrogens is 406 g/mol. The lowest BCUT2D eigenvalue weighted by Gasteiger charge is -2.30. The zero-order valence-corrected chi connectivity index (χ0v) is 19.1. The van der Waals surface area contributed by atoms with Crippen molar-refractivity contribution < 1.29 is 9.59 Å². The van der Waals surface area contributed by atoms with Crippen LogP contribution in [-0.2, 0) is 17.8 Å². The van der Waals surface area contributed by atoms with Gasteiger partial charge in [-0.05, 0) is 44.2 Å². The molecule has 170 valence electrons. The van der Waals surface area contributed by atoms with Crippen LogP contribution in [0.25, 0.3) is 0 Å². The quantitative estimate of drug-likeness (QED) is 0.775. The molecule has 0 spiro atoms. The number of pyridine rings is 1. The van der Waals surface area contributed by atoms with E-state index in [2.05, 4.69) is 9.97 Å². The van der Waals surface area contributed by atoms with Crippen molar-refractivity contribution in [3.63, 3.8) is 0 Å². The van der Waals surface area contributed by atoms with Crippen LogP contribution in [0.15, 0.2) is 23.3 Å². The SMILES string of the molecule is CCC(CC)C(=O)N1CCC[C@@H]1c1nc2c(c(=O)[nH]1)CN(C(=O)c1ccncc1C)CC2. The van der Waals surface area contributed by atoms with Gasteiger partial charge in [0, 0.05) is 43.4 Å². The van der Waals surface area contributed by atoms with Crippen LogP contribution in [0.3, 0.4) is 0 Å². The number of carbonyl (C=O) groups excluding carboxylic acids is 2. The zero-order chi connectivity index (χ0) is 22.8. The molecule has 2 aliphatic heterocycles. The van der Waals surface area contributed by atoms with Crippen LogP contribution in [-0.4, -0.2) is 49.7 Å². The van der Waals surface area contributed by atoms with E-state index in [4.69, 9.17) is 4.98 Å². The lowest BCUT2D eigenvalue weighted by atomic mass is 10.0. The fraction of sp³-hybridized carbons (Fsp3) is 0.542. The van der Waals surface area contributed by atoms with Crippen LogP contribution in [0.5, 0.6) is 0 Å². The normalized spacial score (nSPS) is 18.2. The molecule has 2 amide bonds. The number of H-pyrrole nitrogens is 1. The van der Waals surface area contributed by atoms with Crippen molar-refractivity contribution in [2.24, 2.45) is 5.92 Å². The highest BCUT2D eigenvalue weighted by molar-refractivity contribution is 5.95. The lowest BCUT2D eigenvalue weighted by Crippen LogP contribution is -2.41. The number of amides is 2. The molecule has 1 saturated heterocycles. The third-order valence-corrected chi connectivity index (χ3v) is 6.81. The van der Waals surface area contributed by atoms with Gasteiger partial charge in [-0.3, -0.25) is 19.4 Å². The number of aromatic amines is 1. The van der Waals surface area contributed by atoms with E-state index >= 15 is 0 Å². The largest absolute Gasteiger partial charge is 0.334 e. The third kappa shape index (κ3) is 4.06. The van der Waals surface area contributed by atoms with Crippen molar-refractivity contribution in [3.05, 3.63) is 57.0 Å². The van der Waals surface area contributed by atoms with Gasteiger partial charge in [0.25, 0.3) is 11.5 Å². The maximum absolute atomic E-state index is 13.0. The summed E-state index contributed by atoms with van der Waals surface area (Å²) in [6.07, 6.45) is 7.14. The first-order valence-corrected chi connectivity index (χ1v) is 11.6. The summed E-state index contributed by atoms with van der Waals surface area (Å²) in [4.78, 5) is 54.3. The van der Waals surface area contributed by atoms with E-state index in [-0.39, 0.29) is 35.9 Å². The molecule has 8 heteroatoms. The highest BCUT2D eigenvalue weighted by Crippen LogP contribution is 2.32. The molecule has 4 heterocycles. The zero-order valence-electron chi connectivity index (χ0n) is 19.1. The molecule has 1 atom stereocenters. The second-order valence-corrected chi connectivity index (χ2v) is 8.75. The molecule has 1 fully saturated rings. The van der Waals surface area contributed by atoms with Crippen LogP contribution in [0, 0.1) is 12.8 Å². The molecule has 0 saturated carbocycles. The molecule has 1 N–H and O–H groups in total. The fourth-order valence-electron chi connectivity index (χ4n) is 4.85. The number of hydrogen-bond acceptors (Lipinski definition) is 5. The summed E-state index contributed by atoms with van der Waals surface area (Å²) < 4.78 is 0. The second-order valence-electron chi connectivity index (χ2n) is 8.75. The Morgan fingerprint density at radius 1 is 1.25 bits per heavy atom. The van der Waals surface area contributed by atoms with Crippen molar-refractivity contribution in [3.8, 4) is 0 Å². The Kier molecular flexibility index (Phi) is 6.39. The van der Waals surface area contributed by atoms with Gasteiger partial charge in [-0.25, -0.2) is 4.98 Å². The first-order chi connectivity index (χ1) is 15.4. The highest BCUT2D eigenvalue weighted by atomic mass is 16.2. The van der Waals surface area contributed by atoms with Gasteiger partial charge in [-0.2, -0.15) is 0 Å². The van der Waals surface area contributed by atoms with Crippen molar-refractivity contribution >= 4 is 11.8 Å². The Morgan fingerprint density at radius 3 is 2.75 bits per heavy atom. The van der Waals surface area contributed by atoms with Gasteiger partial charge < -0.3 is 14.8 Å². The Bertz CT molecular complexity index is 1080. The van der Waals surface area contributed by atoms with Gasteiger partial charge >= 0.3 is 0 Å². The van der Waals surface area contributed by atoms with Crippen molar-refractivity contribution in [2.45, 2.75) is 65.5 Å². The van der Waals surface area contributed by atoms with E-state index in [0.29, 0.717) is 36.5 Å². The predicted octanol–water partition coefficient (Wildman–Crippen LogP) is 2.77. The van der Waals surface area contributed by atoms with E-state index < -0.39 is 0 Å². The monoisotopic (exact) mass is 437 g/mol. The standard InChI is InChI=1S/C24H31N5O3/c1-4-16(5-2)23(31)29-11-6-7-20(29)21-26-19-9-12-28(14-18(19)22(30)27-21)24(32)17-8-10-25-13-15(17)3/h8,10,13,16,20H,4-7,9,11-12,14H2,1-3H3,(H,26,27,30)/t20-/m1/s1. The van der Waals surface area contributed by atoms with Crippen molar-refractivity contribution in [1.82, 2.24) is 24.8 Å². The molecule has 8 nitrogen and oxygen atoms in total. The molecule has 4 rings (SSSR count). The molecular formula is C24H31N5O3. The van der Waals surface area contributed by atoms with E-state index in [1.54, 1.807) is 23.4 Å². The van der Waals surface area contributed by atoms with Gasteiger partial charge in [0.2, 0.25) is 5.91 Å². The molecule has 0 aromatic carbocycles. The van der Waals surface area contributed by atoms with E-state index in [9.17, 15) is 14.4 Å². The van der Waals surface area contributed by atoms with E-state index in [1.165, 1.54) is 0 Å². The summed E-state index contributed by atoms with van der Waals surface area (Å²) >= 11 is 0. The van der Waals surface area contributed by atoms with Gasteiger partial charge in [0.05, 0.1) is 23.8 Å². The lowest BCUT2D eigenvalue weighted by molar-refractivity contribution is -0.136. The molecule has 0 bridgehead atoms. The molecule has 0 aliphatic carbocycles. The fourth-order valence-corrected chi connectivity index (χ4v) is 4.85. The third-order valence-electron chi connectivity index (χ3n) is 6.81. The summed E-state index contributed by atoms with van der Waals surface area (Å²) in [6, 6.07) is 1.53. The summed E-state index contributed by atoms with van der Waals surface area (Å²) in [5.74, 6) is 0.644. The number of nitrogens with one attached hydrogen (secondary N) is 1. The Labute approximate surface area is 188 Å².